The minimum atomic E-state index is -0.775. The molecule has 1 amide bonds. The third kappa shape index (κ3) is 7.30. The predicted molar refractivity (Wildman–Crippen MR) is 72.3 cm³/mol. The number of nitrogens with one attached hydrogen (secondary N) is 1. The summed E-state index contributed by atoms with van der Waals surface area (Å²) in [6.45, 7) is 10.7. The third-order valence-electron chi connectivity index (χ3n) is 3.53. The lowest BCUT2D eigenvalue weighted by atomic mass is 9.80. The molecule has 4 nitrogen and oxygen atoms in total. The first kappa shape index (κ1) is 16.9. The molecule has 0 aromatic rings. The third-order valence-corrected chi connectivity index (χ3v) is 3.53. The Kier molecular flexibility index (Phi) is 6.96. The normalized spacial score (nSPS) is 14.9. The maximum atomic E-state index is 11.7. The van der Waals surface area contributed by atoms with Crippen LogP contribution in [0.4, 0.5) is 0 Å². The summed E-state index contributed by atoms with van der Waals surface area (Å²) in [6.07, 6.45) is 1.84. The van der Waals surface area contributed by atoms with Crippen molar-refractivity contribution in [1.82, 2.24) is 5.32 Å². The van der Waals surface area contributed by atoms with E-state index in [1.54, 1.807) is 6.92 Å². The Bertz CT molecular complexity index is 281. The van der Waals surface area contributed by atoms with Gasteiger partial charge in [0.25, 0.3) is 0 Å². The molecular weight excluding hydrogens is 230 g/mol. The summed E-state index contributed by atoms with van der Waals surface area (Å²) in [5.41, 5.74) is 0.134. The minimum absolute atomic E-state index is 0.0559. The summed E-state index contributed by atoms with van der Waals surface area (Å²) in [5.74, 6) is -0.728. The van der Waals surface area contributed by atoms with Gasteiger partial charge in [-0.3, -0.25) is 9.59 Å². The molecule has 0 heterocycles. The lowest BCUT2D eigenvalue weighted by Gasteiger charge is -2.26. The van der Waals surface area contributed by atoms with Crippen LogP contribution in [-0.2, 0) is 9.59 Å². The lowest BCUT2D eigenvalue weighted by molar-refractivity contribution is -0.141. The summed E-state index contributed by atoms with van der Waals surface area (Å²) in [4.78, 5) is 22.2. The number of rotatable bonds is 7. The van der Waals surface area contributed by atoms with Gasteiger partial charge in [-0.05, 0) is 24.2 Å². The molecule has 0 fully saturated rings. The Morgan fingerprint density at radius 3 is 2.22 bits per heavy atom. The highest BCUT2D eigenvalue weighted by molar-refractivity contribution is 5.76. The molecule has 0 spiro atoms. The highest BCUT2D eigenvalue weighted by atomic mass is 16.4. The molecule has 0 saturated carbocycles. The van der Waals surface area contributed by atoms with Crippen LogP contribution in [0.25, 0.3) is 0 Å². The van der Waals surface area contributed by atoms with E-state index in [2.05, 4.69) is 33.0 Å². The zero-order chi connectivity index (χ0) is 14.3. The monoisotopic (exact) mass is 257 g/mol. The van der Waals surface area contributed by atoms with E-state index in [0.717, 1.165) is 0 Å². The van der Waals surface area contributed by atoms with E-state index < -0.39 is 5.97 Å². The van der Waals surface area contributed by atoms with Gasteiger partial charge in [-0.1, -0.05) is 34.6 Å². The second-order valence-electron chi connectivity index (χ2n) is 6.20. The van der Waals surface area contributed by atoms with Crippen LogP contribution in [0, 0.1) is 17.3 Å². The van der Waals surface area contributed by atoms with Crippen LogP contribution in [0.15, 0.2) is 0 Å². The zero-order valence-electron chi connectivity index (χ0n) is 12.2. The first-order valence-corrected chi connectivity index (χ1v) is 6.64. The van der Waals surface area contributed by atoms with Gasteiger partial charge in [-0.15, -0.1) is 0 Å². The van der Waals surface area contributed by atoms with Crippen molar-refractivity contribution in [2.24, 2.45) is 17.3 Å². The largest absolute Gasteiger partial charge is 0.481 e. The Morgan fingerprint density at radius 1 is 1.22 bits per heavy atom. The quantitative estimate of drug-likeness (QED) is 0.689. The maximum absolute atomic E-state index is 11.7. The van der Waals surface area contributed by atoms with E-state index in [1.807, 2.05) is 0 Å². The van der Waals surface area contributed by atoms with Crippen molar-refractivity contribution in [3.05, 3.63) is 0 Å². The molecule has 2 N–H and O–H groups in total. The topological polar surface area (TPSA) is 66.4 Å². The van der Waals surface area contributed by atoms with Gasteiger partial charge in [0.05, 0.1) is 5.92 Å². The Labute approximate surface area is 110 Å². The molecule has 2 unspecified atom stereocenters. The molecule has 0 aliphatic heterocycles. The van der Waals surface area contributed by atoms with E-state index >= 15 is 0 Å². The molecule has 2 atom stereocenters. The predicted octanol–water partition coefficient (Wildman–Crippen LogP) is 2.68. The molecule has 4 heteroatoms. The van der Waals surface area contributed by atoms with Crippen LogP contribution in [0.2, 0.25) is 0 Å². The number of amides is 1. The van der Waals surface area contributed by atoms with Gasteiger partial charge in [-0.2, -0.15) is 0 Å². The summed E-state index contributed by atoms with van der Waals surface area (Å²) in [5, 5.41) is 11.6. The smallest absolute Gasteiger partial charge is 0.306 e. The van der Waals surface area contributed by atoms with Crippen molar-refractivity contribution in [1.29, 1.82) is 0 Å². The van der Waals surface area contributed by atoms with Crippen molar-refractivity contribution in [2.75, 3.05) is 6.54 Å². The average molecular weight is 257 g/mol. The Balaban J connectivity index is 3.76. The zero-order valence-corrected chi connectivity index (χ0v) is 12.2. The van der Waals surface area contributed by atoms with Gasteiger partial charge < -0.3 is 10.4 Å². The summed E-state index contributed by atoms with van der Waals surface area (Å²) < 4.78 is 0. The highest BCUT2D eigenvalue weighted by Gasteiger charge is 2.22. The number of carbonyl (C=O) groups is 2. The number of aliphatic carboxylic acids is 1. The number of hydrogen-bond donors (Lipinski definition) is 2. The van der Waals surface area contributed by atoms with Crippen LogP contribution in [0.1, 0.15) is 53.9 Å². The van der Waals surface area contributed by atoms with Crippen molar-refractivity contribution in [3.8, 4) is 0 Å². The van der Waals surface area contributed by atoms with Crippen LogP contribution in [0.3, 0.4) is 0 Å². The van der Waals surface area contributed by atoms with Crippen molar-refractivity contribution < 1.29 is 14.7 Å². The molecule has 0 aliphatic carbocycles. The van der Waals surface area contributed by atoms with Gasteiger partial charge >= 0.3 is 5.97 Å². The average Bonchev–Trinajstić information content (AvgIpc) is 2.22. The van der Waals surface area contributed by atoms with Crippen LogP contribution < -0.4 is 5.32 Å². The van der Waals surface area contributed by atoms with Crippen molar-refractivity contribution in [3.63, 3.8) is 0 Å². The molecular formula is C14H27NO3. The number of carboxylic acids is 1. The van der Waals surface area contributed by atoms with Crippen LogP contribution in [0.5, 0.6) is 0 Å². The molecule has 0 bridgehead atoms. The van der Waals surface area contributed by atoms with Gasteiger partial charge in [0.2, 0.25) is 5.91 Å². The van der Waals surface area contributed by atoms with Crippen molar-refractivity contribution in [2.45, 2.75) is 53.9 Å². The van der Waals surface area contributed by atoms with Crippen LogP contribution >= 0.6 is 0 Å². The number of carbonyl (C=O) groups excluding carboxylic acids is 1. The Hall–Kier alpha value is -1.06. The van der Waals surface area contributed by atoms with E-state index in [1.165, 1.54) is 0 Å². The second-order valence-corrected chi connectivity index (χ2v) is 6.20. The van der Waals surface area contributed by atoms with Gasteiger partial charge in [-0.25, -0.2) is 0 Å². The number of hydrogen-bond acceptors (Lipinski definition) is 2. The Morgan fingerprint density at radius 2 is 1.78 bits per heavy atom. The first-order chi connectivity index (χ1) is 8.14. The van der Waals surface area contributed by atoms with Gasteiger partial charge in [0, 0.05) is 13.0 Å². The molecule has 106 valence electrons. The van der Waals surface area contributed by atoms with Gasteiger partial charge in [0.1, 0.15) is 0 Å². The maximum Gasteiger partial charge on any atom is 0.306 e. The van der Waals surface area contributed by atoms with E-state index in [4.69, 9.17) is 5.11 Å². The first-order valence-electron chi connectivity index (χ1n) is 6.64. The molecule has 18 heavy (non-hydrogen) atoms. The van der Waals surface area contributed by atoms with E-state index in [-0.39, 0.29) is 17.2 Å². The second kappa shape index (κ2) is 7.39. The van der Waals surface area contributed by atoms with Crippen LogP contribution in [-0.4, -0.2) is 23.5 Å². The molecule has 0 aromatic carbocycles. The molecule has 0 aliphatic rings. The van der Waals surface area contributed by atoms with Crippen molar-refractivity contribution >= 4 is 11.9 Å². The fraction of sp³-hybridized carbons (Fsp3) is 0.857. The lowest BCUT2D eigenvalue weighted by Crippen LogP contribution is -2.30. The minimum Gasteiger partial charge on any atom is -0.481 e. The summed E-state index contributed by atoms with van der Waals surface area (Å²) >= 11 is 0. The summed E-state index contributed by atoms with van der Waals surface area (Å²) in [6, 6.07) is 0. The standard InChI is InChI=1S/C14H27NO3/c1-10(13(17)18)7-6-8-15-12(16)9-11(2)14(3,4)5/h10-11H,6-9H2,1-5H3,(H,15,16)(H,17,18). The SMILES string of the molecule is CC(CCCNC(=O)CC(C)C(C)(C)C)C(=O)O. The fourth-order valence-electron chi connectivity index (χ4n) is 1.42. The molecule has 0 rings (SSSR count). The fourth-order valence-corrected chi connectivity index (χ4v) is 1.42. The summed E-state index contributed by atoms with van der Waals surface area (Å²) in [7, 11) is 0. The highest BCUT2D eigenvalue weighted by Crippen LogP contribution is 2.27. The van der Waals surface area contributed by atoms with E-state index in [9.17, 15) is 9.59 Å². The number of carboxylic acid groups (broad SMARTS) is 1. The van der Waals surface area contributed by atoms with E-state index in [0.29, 0.717) is 31.7 Å². The molecule has 0 saturated heterocycles. The van der Waals surface area contributed by atoms with Gasteiger partial charge in [0.15, 0.2) is 0 Å². The molecule has 0 aromatic heterocycles. The molecule has 0 radical (unpaired) electrons.